The number of fused-ring (bicyclic) bond motifs is 1. The Kier molecular flexibility index (Phi) is 6.13. The summed E-state index contributed by atoms with van der Waals surface area (Å²) in [6, 6.07) is 17.0. The van der Waals surface area contributed by atoms with Gasteiger partial charge in [0.1, 0.15) is 13.1 Å². The van der Waals surface area contributed by atoms with Gasteiger partial charge in [0, 0.05) is 11.4 Å². The van der Waals surface area contributed by atoms with Gasteiger partial charge in [-0.3, -0.25) is 14.4 Å². The van der Waals surface area contributed by atoms with Crippen LogP contribution < -0.4 is 4.90 Å². The molecule has 2 aromatic carbocycles. The van der Waals surface area contributed by atoms with Crippen molar-refractivity contribution in [3.05, 3.63) is 60.2 Å². The van der Waals surface area contributed by atoms with Crippen LogP contribution in [0.25, 0.3) is 0 Å². The summed E-state index contributed by atoms with van der Waals surface area (Å²) in [5.41, 5.74) is 1.72. The maximum atomic E-state index is 12.8. The number of nitrogens with zero attached hydrogens (tertiary/aromatic N) is 2. The number of hydrogen-bond acceptors (Lipinski definition) is 4. The summed E-state index contributed by atoms with van der Waals surface area (Å²) < 4.78 is 0. The fraction of sp³-hybridized carbons (Fsp3) is 0.250. The molecule has 3 rings (SSSR count). The molecule has 1 aliphatic rings. The van der Waals surface area contributed by atoms with Crippen LogP contribution in [0.5, 0.6) is 0 Å². The van der Waals surface area contributed by atoms with E-state index in [2.05, 4.69) is 0 Å². The fourth-order valence-electron chi connectivity index (χ4n) is 2.93. The number of para-hydroxylation sites is 1. The predicted octanol–water partition coefficient (Wildman–Crippen LogP) is 2.28. The van der Waals surface area contributed by atoms with Crippen LogP contribution in [-0.2, 0) is 20.8 Å². The maximum absolute atomic E-state index is 12.8. The van der Waals surface area contributed by atoms with Crippen LogP contribution in [0.2, 0.25) is 0 Å². The van der Waals surface area contributed by atoms with Crippen molar-refractivity contribution in [2.24, 2.45) is 0 Å². The van der Waals surface area contributed by atoms with Gasteiger partial charge in [0.2, 0.25) is 11.8 Å². The Balaban J connectivity index is 1.72. The largest absolute Gasteiger partial charge is 0.480 e. The number of hydrogen-bond donors (Lipinski definition) is 1. The molecule has 0 bridgehead atoms. The van der Waals surface area contributed by atoms with Crippen molar-refractivity contribution >= 4 is 35.2 Å². The van der Waals surface area contributed by atoms with E-state index in [1.807, 2.05) is 48.5 Å². The van der Waals surface area contributed by atoms with Gasteiger partial charge in [-0.05, 0) is 24.1 Å². The maximum Gasteiger partial charge on any atom is 0.323 e. The average Bonchev–Trinajstić information content (AvgIpc) is 2.68. The van der Waals surface area contributed by atoms with Crippen molar-refractivity contribution in [2.45, 2.75) is 11.3 Å². The van der Waals surface area contributed by atoms with E-state index in [1.54, 1.807) is 6.07 Å². The number of carboxylic acid groups (broad SMARTS) is 1. The molecule has 1 aliphatic heterocycles. The molecule has 0 radical (unpaired) electrons. The Hall–Kier alpha value is -2.80. The first-order chi connectivity index (χ1) is 13.0. The first-order valence-electron chi connectivity index (χ1n) is 8.60. The van der Waals surface area contributed by atoms with Crippen LogP contribution in [0, 0.1) is 0 Å². The van der Waals surface area contributed by atoms with Gasteiger partial charge in [-0.1, -0.05) is 42.5 Å². The van der Waals surface area contributed by atoms with E-state index >= 15 is 0 Å². The number of benzene rings is 2. The van der Waals surface area contributed by atoms with E-state index < -0.39 is 5.97 Å². The van der Waals surface area contributed by atoms with E-state index in [0.29, 0.717) is 12.1 Å². The van der Waals surface area contributed by atoms with Crippen LogP contribution >= 0.6 is 11.8 Å². The van der Waals surface area contributed by atoms with E-state index in [9.17, 15) is 14.4 Å². The lowest BCUT2D eigenvalue weighted by atomic mass is 10.1. The summed E-state index contributed by atoms with van der Waals surface area (Å²) in [5, 5.41) is 9.17. The quantitative estimate of drug-likeness (QED) is 0.792. The van der Waals surface area contributed by atoms with E-state index in [0.717, 1.165) is 10.5 Å². The highest BCUT2D eigenvalue weighted by Crippen LogP contribution is 2.34. The Morgan fingerprint density at radius 1 is 1.07 bits per heavy atom. The van der Waals surface area contributed by atoms with Gasteiger partial charge in [-0.2, -0.15) is 0 Å². The molecule has 0 atom stereocenters. The normalized spacial score (nSPS) is 13.2. The molecule has 2 amide bonds. The lowest BCUT2D eigenvalue weighted by molar-refractivity contribution is -0.144. The van der Waals surface area contributed by atoms with Crippen molar-refractivity contribution in [3.8, 4) is 0 Å². The highest BCUT2D eigenvalue weighted by Gasteiger charge is 2.28. The molecule has 0 saturated carbocycles. The van der Waals surface area contributed by atoms with Gasteiger partial charge >= 0.3 is 5.97 Å². The summed E-state index contributed by atoms with van der Waals surface area (Å²) in [6.45, 7) is -0.254. The van der Waals surface area contributed by atoms with Crippen LogP contribution in [0.4, 0.5) is 5.69 Å². The molecule has 0 saturated heterocycles. The summed E-state index contributed by atoms with van der Waals surface area (Å²) in [5.74, 6) is -1.32. The molecule has 1 N–H and O–H groups in total. The third-order valence-corrected chi connectivity index (χ3v) is 5.34. The number of thioether (sulfide) groups is 1. The molecule has 7 heteroatoms. The molecule has 1 heterocycles. The van der Waals surface area contributed by atoms with E-state index in [-0.39, 0.29) is 37.2 Å². The number of carbonyl (C=O) groups excluding carboxylic acids is 2. The molecule has 2 aromatic rings. The number of carboxylic acids is 1. The number of rotatable bonds is 7. The van der Waals surface area contributed by atoms with Crippen molar-refractivity contribution in [3.63, 3.8) is 0 Å². The monoisotopic (exact) mass is 384 g/mol. The van der Waals surface area contributed by atoms with Crippen molar-refractivity contribution in [1.82, 2.24) is 4.90 Å². The zero-order valence-corrected chi connectivity index (χ0v) is 15.5. The predicted molar refractivity (Wildman–Crippen MR) is 104 cm³/mol. The molecular weight excluding hydrogens is 364 g/mol. The minimum atomic E-state index is -1.07. The Morgan fingerprint density at radius 2 is 1.78 bits per heavy atom. The molecule has 0 spiro atoms. The van der Waals surface area contributed by atoms with Crippen molar-refractivity contribution in [2.75, 3.05) is 30.3 Å². The first-order valence-corrected chi connectivity index (χ1v) is 9.59. The standard InChI is InChI=1S/C20H20N2O4S/c23-18(12-22-16-8-4-5-9-17(16)27-14-19(22)24)21(13-20(25)26)11-10-15-6-2-1-3-7-15/h1-9H,10-14H2,(H,25,26). The summed E-state index contributed by atoms with van der Waals surface area (Å²) in [7, 11) is 0. The number of carbonyl (C=O) groups is 3. The van der Waals surface area contributed by atoms with Gasteiger partial charge < -0.3 is 14.9 Å². The van der Waals surface area contributed by atoms with Crippen molar-refractivity contribution < 1.29 is 19.5 Å². The highest BCUT2D eigenvalue weighted by atomic mass is 32.2. The highest BCUT2D eigenvalue weighted by molar-refractivity contribution is 8.00. The zero-order valence-electron chi connectivity index (χ0n) is 14.7. The average molecular weight is 384 g/mol. The second-order valence-corrected chi connectivity index (χ2v) is 7.20. The van der Waals surface area contributed by atoms with E-state index in [1.165, 1.54) is 21.6 Å². The molecule has 6 nitrogen and oxygen atoms in total. The smallest absolute Gasteiger partial charge is 0.323 e. The Bertz CT molecular complexity index is 841. The molecule has 0 fully saturated rings. The SMILES string of the molecule is O=C(O)CN(CCc1ccccc1)C(=O)CN1C(=O)CSc2ccccc21. The first kappa shape index (κ1) is 19.0. The van der Waals surface area contributed by atoms with Crippen LogP contribution in [0.3, 0.4) is 0 Å². The second-order valence-electron chi connectivity index (χ2n) is 6.18. The summed E-state index contributed by atoms with van der Waals surface area (Å²) >= 11 is 1.44. The summed E-state index contributed by atoms with van der Waals surface area (Å²) in [4.78, 5) is 40.0. The molecule has 0 unspecified atom stereocenters. The van der Waals surface area contributed by atoms with Crippen LogP contribution in [0.15, 0.2) is 59.5 Å². The fourth-order valence-corrected chi connectivity index (χ4v) is 3.86. The molecule has 140 valence electrons. The Labute approximate surface area is 161 Å². The lowest BCUT2D eigenvalue weighted by Gasteiger charge is -2.30. The van der Waals surface area contributed by atoms with Gasteiger partial charge in [0.25, 0.3) is 0 Å². The topological polar surface area (TPSA) is 77.9 Å². The van der Waals surface area contributed by atoms with E-state index in [4.69, 9.17) is 5.11 Å². The second kappa shape index (κ2) is 8.73. The molecule has 0 aliphatic carbocycles. The van der Waals surface area contributed by atoms with Crippen molar-refractivity contribution in [1.29, 1.82) is 0 Å². The van der Waals surface area contributed by atoms with Gasteiger partial charge in [0.15, 0.2) is 0 Å². The van der Waals surface area contributed by atoms with Gasteiger partial charge in [0.05, 0.1) is 11.4 Å². The third-order valence-electron chi connectivity index (χ3n) is 4.29. The minimum absolute atomic E-state index is 0.148. The zero-order chi connectivity index (χ0) is 19.2. The van der Waals surface area contributed by atoms with Crippen LogP contribution in [0.1, 0.15) is 5.56 Å². The molecule has 0 aromatic heterocycles. The van der Waals surface area contributed by atoms with Gasteiger partial charge in [-0.25, -0.2) is 0 Å². The minimum Gasteiger partial charge on any atom is -0.480 e. The number of aliphatic carboxylic acids is 1. The molecular formula is C20H20N2O4S. The lowest BCUT2D eigenvalue weighted by Crippen LogP contribution is -2.47. The Morgan fingerprint density at radius 3 is 2.52 bits per heavy atom. The molecule has 27 heavy (non-hydrogen) atoms. The van der Waals surface area contributed by atoms with Crippen LogP contribution in [-0.4, -0.2) is 53.2 Å². The number of anilines is 1. The third kappa shape index (κ3) is 4.89. The summed E-state index contributed by atoms with van der Waals surface area (Å²) in [6.07, 6.45) is 0.556. The number of amides is 2. The van der Waals surface area contributed by atoms with Gasteiger partial charge in [-0.15, -0.1) is 11.8 Å².